The average Bonchev–Trinajstić information content (AvgIpc) is 2.70. The van der Waals surface area contributed by atoms with Crippen LogP contribution in [-0.4, -0.2) is 32.2 Å². The Balaban J connectivity index is 1.96. The molecule has 6 heteroatoms. The van der Waals surface area contributed by atoms with Gasteiger partial charge in [-0.3, -0.25) is 4.79 Å². The Labute approximate surface area is 165 Å². The van der Waals surface area contributed by atoms with E-state index in [4.69, 9.17) is 14.2 Å². The third kappa shape index (κ3) is 6.01. The number of carbonyl (C=O) groups excluding carboxylic acids is 2. The van der Waals surface area contributed by atoms with E-state index in [1.807, 2.05) is 45.0 Å². The fourth-order valence-corrected chi connectivity index (χ4v) is 2.52. The van der Waals surface area contributed by atoms with E-state index in [1.54, 1.807) is 18.2 Å². The van der Waals surface area contributed by atoms with Gasteiger partial charge in [0.1, 0.15) is 0 Å². The van der Waals surface area contributed by atoms with Crippen LogP contribution < -0.4 is 14.8 Å². The van der Waals surface area contributed by atoms with E-state index in [9.17, 15) is 9.59 Å². The van der Waals surface area contributed by atoms with E-state index in [1.165, 1.54) is 7.11 Å². The van der Waals surface area contributed by atoms with Gasteiger partial charge in [0.2, 0.25) is 0 Å². The smallest absolute Gasteiger partial charge is 0.338 e. The maximum Gasteiger partial charge on any atom is 0.338 e. The monoisotopic (exact) mass is 385 g/mol. The van der Waals surface area contributed by atoms with Crippen LogP contribution in [0.25, 0.3) is 0 Å². The van der Waals surface area contributed by atoms with Crippen molar-refractivity contribution in [2.45, 2.75) is 27.2 Å². The van der Waals surface area contributed by atoms with Crippen LogP contribution in [0.3, 0.4) is 0 Å². The quantitative estimate of drug-likeness (QED) is 0.658. The number of rotatable bonds is 9. The fourth-order valence-electron chi connectivity index (χ4n) is 2.52. The van der Waals surface area contributed by atoms with Crippen molar-refractivity contribution in [1.82, 2.24) is 0 Å². The highest BCUT2D eigenvalue weighted by molar-refractivity contribution is 5.96. The van der Waals surface area contributed by atoms with Crippen LogP contribution in [-0.2, 0) is 16.0 Å². The highest BCUT2D eigenvalue weighted by Crippen LogP contribution is 2.28. The van der Waals surface area contributed by atoms with Gasteiger partial charge in [0, 0.05) is 5.69 Å². The number of ether oxygens (including phenoxy) is 3. The first-order chi connectivity index (χ1) is 13.4. The molecule has 28 heavy (non-hydrogen) atoms. The molecule has 0 saturated carbocycles. The molecule has 0 radical (unpaired) electrons. The van der Waals surface area contributed by atoms with Crippen molar-refractivity contribution in [3.05, 3.63) is 53.6 Å². The minimum absolute atomic E-state index is 0.288. The summed E-state index contributed by atoms with van der Waals surface area (Å²) in [6.45, 7) is 6.27. The molecule has 0 fully saturated rings. The lowest BCUT2D eigenvalue weighted by atomic mass is 10.1. The summed E-state index contributed by atoms with van der Waals surface area (Å²) in [4.78, 5) is 24.4. The molecular weight excluding hydrogens is 358 g/mol. The lowest BCUT2D eigenvalue weighted by Gasteiger charge is -2.13. The zero-order valence-corrected chi connectivity index (χ0v) is 16.8. The van der Waals surface area contributed by atoms with Gasteiger partial charge in [-0.25, -0.2) is 4.79 Å². The predicted octanol–water partition coefficient (Wildman–Crippen LogP) is 4.09. The Hall–Kier alpha value is -3.02. The zero-order valence-electron chi connectivity index (χ0n) is 16.8. The molecule has 0 aliphatic rings. The zero-order chi connectivity index (χ0) is 20.5. The van der Waals surface area contributed by atoms with Crippen LogP contribution in [0.5, 0.6) is 11.5 Å². The second kappa shape index (κ2) is 10.3. The molecule has 0 atom stereocenters. The third-order valence-corrected chi connectivity index (χ3v) is 3.98. The molecule has 1 amide bonds. The largest absolute Gasteiger partial charge is 0.493 e. The number of aryl methyl sites for hydroxylation is 1. The molecule has 0 unspecified atom stereocenters. The fraction of sp³-hybridized carbons (Fsp3) is 0.364. The molecule has 2 rings (SSSR count). The number of esters is 1. The summed E-state index contributed by atoms with van der Waals surface area (Å²) in [5.41, 5.74) is 2.03. The Kier molecular flexibility index (Phi) is 7.87. The standard InChI is InChI=1S/C22H27NO5/c1-5-16-8-6-7-9-18(16)23-21(24)14-28-22(25)17-10-11-19(20(12-17)26-4)27-13-15(2)3/h6-12,15H,5,13-14H2,1-4H3,(H,23,24). The lowest BCUT2D eigenvalue weighted by molar-refractivity contribution is -0.119. The molecule has 1 N–H and O–H groups in total. The number of nitrogens with one attached hydrogen (secondary N) is 1. The summed E-state index contributed by atoms with van der Waals surface area (Å²) in [7, 11) is 1.51. The van der Waals surface area contributed by atoms with Gasteiger partial charge < -0.3 is 19.5 Å². The molecule has 6 nitrogen and oxygen atoms in total. The highest BCUT2D eigenvalue weighted by atomic mass is 16.5. The minimum Gasteiger partial charge on any atom is -0.493 e. The highest BCUT2D eigenvalue weighted by Gasteiger charge is 2.15. The molecule has 0 heterocycles. The van der Waals surface area contributed by atoms with Gasteiger partial charge in [0.15, 0.2) is 18.1 Å². The first-order valence-corrected chi connectivity index (χ1v) is 9.30. The van der Waals surface area contributed by atoms with Crippen molar-refractivity contribution < 1.29 is 23.8 Å². The topological polar surface area (TPSA) is 73.9 Å². The Morgan fingerprint density at radius 2 is 1.82 bits per heavy atom. The second-order valence-electron chi connectivity index (χ2n) is 6.71. The van der Waals surface area contributed by atoms with Gasteiger partial charge in [0.05, 0.1) is 19.3 Å². The summed E-state index contributed by atoms with van der Waals surface area (Å²) in [5.74, 6) is 0.370. The average molecular weight is 385 g/mol. The molecule has 0 saturated heterocycles. The molecule has 2 aromatic carbocycles. The van der Waals surface area contributed by atoms with Gasteiger partial charge in [-0.2, -0.15) is 0 Å². The molecule has 0 aliphatic heterocycles. The normalized spacial score (nSPS) is 10.5. The second-order valence-corrected chi connectivity index (χ2v) is 6.71. The third-order valence-electron chi connectivity index (χ3n) is 3.98. The SMILES string of the molecule is CCc1ccccc1NC(=O)COC(=O)c1ccc(OCC(C)C)c(OC)c1. The minimum atomic E-state index is -0.604. The number of hydrogen-bond donors (Lipinski definition) is 1. The first kappa shape index (κ1) is 21.3. The van der Waals surface area contributed by atoms with Gasteiger partial charge in [-0.1, -0.05) is 39.0 Å². The van der Waals surface area contributed by atoms with E-state index < -0.39 is 11.9 Å². The van der Waals surface area contributed by atoms with Gasteiger partial charge in [0.25, 0.3) is 5.91 Å². The summed E-state index contributed by atoms with van der Waals surface area (Å²) in [6.07, 6.45) is 0.793. The number of carbonyl (C=O) groups is 2. The van der Waals surface area contributed by atoms with Crippen molar-refractivity contribution in [2.24, 2.45) is 5.92 Å². The molecule has 0 bridgehead atoms. The van der Waals surface area contributed by atoms with E-state index in [0.29, 0.717) is 24.0 Å². The molecule has 0 spiro atoms. The summed E-state index contributed by atoms with van der Waals surface area (Å²) in [6, 6.07) is 12.3. The summed E-state index contributed by atoms with van der Waals surface area (Å²) < 4.78 is 16.1. The number of anilines is 1. The first-order valence-electron chi connectivity index (χ1n) is 9.30. The number of para-hydroxylation sites is 1. The van der Waals surface area contributed by atoms with Crippen LogP contribution in [0.2, 0.25) is 0 Å². The van der Waals surface area contributed by atoms with Gasteiger partial charge in [-0.05, 0) is 42.2 Å². The van der Waals surface area contributed by atoms with E-state index in [2.05, 4.69) is 5.32 Å². The Bertz CT molecular complexity index is 816. The Morgan fingerprint density at radius 3 is 2.50 bits per heavy atom. The van der Waals surface area contributed by atoms with Crippen LogP contribution in [0.1, 0.15) is 36.7 Å². The van der Waals surface area contributed by atoms with Crippen LogP contribution in [0, 0.1) is 5.92 Å². The lowest BCUT2D eigenvalue weighted by Crippen LogP contribution is -2.21. The Morgan fingerprint density at radius 1 is 1.07 bits per heavy atom. The summed E-state index contributed by atoms with van der Waals surface area (Å²) in [5, 5.41) is 2.77. The number of amides is 1. The van der Waals surface area contributed by atoms with E-state index >= 15 is 0 Å². The molecule has 2 aromatic rings. The van der Waals surface area contributed by atoms with Crippen LogP contribution >= 0.6 is 0 Å². The van der Waals surface area contributed by atoms with Crippen molar-refractivity contribution >= 4 is 17.6 Å². The molecule has 150 valence electrons. The van der Waals surface area contributed by atoms with Crippen LogP contribution in [0.4, 0.5) is 5.69 Å². The predicted molar refractivity (Wildman–Crippen MR) is 108 cm³/mol. The number of hydrogen-bond acceptors (Lipinski definition) is 5. The van der Waals surface area contributed by atoms with E-state index in [-0.39, 0.29) is 12.2 Å². The number of benzene rings is 2. The van der Waals surface area contributed by atoms with Crippen molar-refractivity contribution in [1.29, 1.82) is 0 Å². The summed E-state index contributed by atoms with van der Waals surface area (Å²) >= 11 is 0. The van der Waals surface area contributed by atoms with Crippen LogP contribution in [0.15, 0.2) is 42.5 Å². The number of methoxy groups -OCH3 is 1. The van der Waals surface area contributed by atoms with E-state index in [0.717, 1.165) is 17.7 Å². The molecule has 0 aromatic heterocycles. The molecular formula is C22H27NO5. The van der Waals surface area contributed by atoms with Gasteiger partial charge >= 0.3 is 5.97 Å². The van der Waals surface area contributed by atoms with Gasteiger partial charge in [-0.15, -0.1) is 0 Å². The maximum absolute atomic E-state index is 12.3. The van der Waals surface area contributed by atoms with Crippen molar-refractivity contribution in [3.63, 3.8) is 0 Å². The van der Waals surface area contributed by atoms with Crippen molar-refractivity contribution in [2.75, 3.05) is 25.6 Å². The van der Waals surface area contributed by atoms with Crippen molar-refractivity contribution in [3.8, 4) is 11.5 Å². The maximum atomic E-state index is 12.3. The molecule has 0 aliphatic carbocycles.